The fraction of sp³-hybridized carbons (Fsp3) is 0.318. The number of rotatable bonds is 6. The Morgan fingerprint density at radius 2 is 1.79 bits per heavy atom. The molecule has 0 bridgehead atoms. The second-order valence-corrected chi connectivity index (χ2v) is 7.21. The molecule has 1 atom stereocenters. The molecule has 7 heteroatoms. The summed E-state index contributed by atoms with van der Waals surface area (Å²) >= 11 is 0. The minimum Gasteiger partial charge on any atom is -0.465 e. The molecule has 1 fully saturated rings. The molecule has 1 aromatic heterocycles. The summed E-state index contributed by atoms with van der Waals surface area (Å²) in [4.78, 5) is 13.8. The number of esters is 1. The molecule has 0 radical (unpaired) electrons. The highest BCUT2D eigenvalue weighted by Crippen LogP contribution is 2.27. The van der Waals surface area contributed by atoms with E-state index in [1.807, 2.05) is 18.3 Å². The molecule has 0 saturated carbocycles. The van der Waals surface area contributed by atoms with Gasteiger partial charge in [-0.1, -0.05) is 47.2 Å². The first kappa shape index (κ1) is 19.3. The lowest BCUT2D eigenvalue weighted by molar-refractivity contribution is 0.0252. The third-order valence-electron chi connectivity index (χ3n) is 5.02. The molecule has 3 aromatic rings. The SMILES string of the molecule is COC(=O)c1ccc(Cn2cc([C@@H]3OCCN3Cc3ccc(C)cc3)nn2)cc1. The van der Waals surface area contributed by atoms with Crippen LogP contribution in [0.4, 0.5) is 0 Å². The highest BCUT2D eigenvalue weighted by atomic mass is 16.5. The van der Waals surface area contributed by atoms with Gasteiger partial charge in [0.15, 0.2) is 6.23 Å². The molecule has 1 aliphatic rings. The zero-order valence-corrected chi connectivity index (χ0v) is 16.6. The average Bonchev–Trinajstić information content (AvgIpc) is 3.39. The van der Waals surface area contributed by atoms with Gasteiger partial charge in [0.1, 0.15) is 5.69 Å². The highest BCUT2D eigenvalue weighted by Gasteiger charge is 2.29. The number of ether oxygens (including phenoxy) is 2. The Kier molecular flexibility index (Phi) is 5.69. The largest absolute Gasteiger partial charge is 0.465 e. The summed E-state index contributed by atoms with van der Waals surface area (Å²) in [6, 6.07) is 15.8. The molecule has 2 heterocycles. The normalized spacial score (nSPS) is 16.8. The summed E-state index contributed by atoms with van der Waals surface area (Å²) in [6.07, 6.45) is 1.73. The third kappa shape index (κ3) is 4.52. The van der Waals surface area contributed by atoms with Crippen LogP contribution in [0.25, 0.3) is 0 Å². The first-order valence-electron chi connectivity index (χ1n) is 9.61. The van der Waals surface area contributed by atoms with Gasteiger partial charge >= 0.3 is 5.97 Å². The monoisotopic (exact) mass is 392 g/mol. The zero-order chi connectivity index (χ0) is 20.2. The van der Waals surface area contributed by atoms with Crippen LogP contribution in [0.1, 0.15) is 39.0 Å². The van der Waals surface area contributed by atoms with Crippen molar-refractivity contribution >= 4 is 5.97 Å². The van der Waals surface area contributed by atoms with Gasteiger partial charge in [0.25, 0.3) is 0 Å². The minimum absolute atomic E-state index is 0.188. The molecule has 0 N–H and O–H groups in total. The lowest BCUT2D eigenvalue weighted by Crippen LogP contribution is -2.23. The van der Waals surface area contributed by atoms with Crippen molar-refractivity contribution in [3.8, 4) is 0 Å². The Morgan fingerprint density at radius 1 is 1.10 bits per heavy atom. The van der Waals surface area contributed by atoms with Crippen molar-refractivity contribution in [2.75, 3.05) is 20.3 Å². The van der Waals surface area contributed by atoms with Gasteiger partial charge < -0.3 is 9.47 Å². The van der Waals surface area contributed by atoms with Gasteiger partial charge in [0, 0.05) is 13.1 Å². The van der Waals surface area contributed by atoms with Crippen LogP contribution in [0.5, 0.6) is 0 Å². The van der Waals surface area contributed by atoms with Crippen molar-refractivity contribution in [2.45, 2.75) is 26.2 Å². The number of aryl methyl sites for hydroxylation is 1. The number of hydrogen-bond acceptors (Lipinski definition) is 6. The van der Waals surface area contributed by atoms with Gasteiger partial charge in [-0.3, -0.25) is 4.90 Å². The van der Waals surface area contributed by atoms with Crippen LogP contribution in [0.3, 0.4) is 0 Å². The lowest BCUT2D eigenvalue weighted by Gasteiger charge is -2.21. The Bertz CT molecular complexity index is 966. The molecule has 0 spiro atoms. The van der Waals surface area contributed by atoms with Gasteiger partial charge in [-0.15, -0.1) is 5.10 Å². The number of methoxy groups -OCH3 is 1. The Labute approximate surface area is 169 Å². The number of carbonyl (C=O) groups is 1. The fourth-order valence-electron chi connectivity index (χ4n) is 3.42. The summed E-state index contributed by atoms with van der Waals surface area (Å²) in [5, 5.41) is 8.58. The van der Waals surface area contributed by atoms with E-state index < -0.39 is 0 Å². The van der Waals surface area contributed by atoms with E-state index in [0.29, 0.717) is 18.7 Å². The molecule has 0 amide bonds. The van der Waals surface area contributed by atoms with E-state index in [4.69, 9.17) is 9.47 Å². The van der Waals surface area contributed by atoms with E-state index in [1.165, 1.54) is 18.2 Å². The number of benzene rings is 2. The second-order valence-electron chi connectivity index (χ2n) is 7.21. The van der Waals surface area contributed by atoms with E-state index in [9.17, 15) is 4.79 Å². The molecule has 29 heavy (non-hydrogen) atoms. The molecule has 1 saturated heterocycles. The van der Waals surface area contributed by atoms with E-state index in [2.05, 4.69) is 46.4 Å². The molecule has 0 aliphatic carbocycles. The van der Waals surface area contributed by atoms with Crippen LogP contribution >= 0.6 is 0 Å². The summed E-state index contributed by atoms with van der Waals surface area (Å²) in [7, 11) is 1.38. The standard InChI is InChI=1S/C22H24N4O3/c1-16-3-5-17(6-4-16)13-25-11-12-29-21(25)20-15-26(24-23-20)14-18-7-9-19(10-8-18)22(27)28-2/h3-10,15,21H,11-14H2,1-2H3/t21-/m0/s1. The van der Waals surface area contributed by atoms with Crippen LogP contribution in [0.2, 0.25) is 0 Å². The van der Waals surface area contributed by atoms with E-state index in [1.54, 1.807) is 16.8 Å². The number of nitrogens with zero attached hydrogens (tertiary/aromatic N) is 4. The van der Waals surface area contributed by atoms with E-state index >= 15 is 0 Å². The maximum atomic E-state index is 11.5. The first-order valence-corrected chi connectivity index (χ1v) is 9.61. The van der Waals surface area contributed by atoms with Crippen LogP contribution in [-0.2, 0) is 22.6 Å². The van der Waals surface area contributed by atoms with Gasteiger partial charge in [-0.05, 0) is 30.2 Å². The number of aromatic nitrogens is 3. The lowest BCUT2D eigenvalue weighted by atomic mass is 10.1. The van der Waals surface area contributed by atoms with Crippen LogP contribution < -0.4 is 0 Å². The number of hydrogen-bond donors (Lipinski definition) is 0. The van der Waals surface area contributed by atoms with Gasteiger partial charge in [-0.25, -0.2) is 9.48 Å². The Hall–Kier alpha value is -3.03. The van der Waals surface area contributed by atoms with Crippen molar-refractivity contribution in [3.05, 3.63) is 82.7 Å². The van der Waals surface area contributed by atoms with Gasteiger partial charge in [0.2, 0.25) is 0 Å². The second kappa shape index (κ2) is 8.55. The predicted octanol–water partition coefficient (Wildman–Crippen LogP) is 2.95. The third-order valence-corrected chi connectivity index (χ3v) is 5.02. The van der Waals surface area contributed by atoms with Crippen molar-refractivity contribution in [1.29, 1.82) is 0 Å². The predicted molar refractivity (Wildman–Crippen MR) is 107 cm³/mol. The maximum absolute atomic E-state index is 11.5. The smallest absolute Gasteiger partial charge is 0.337 e. The van der Waals surface area contributed by atoms with E-state index in [0.717, 1.165) is 24.3 Å². The maximum Gasteiger partial charge on any atom is 0.337 e. The molecule has 2 aromatic carbocycles. The zero-order valence-electron chi connectivity index (χ0n) is 16.6. The summed E-state index contributed by atoms with van der Waals surface area (Å²) < 4.78 is 12.4. The van der Waals surface area contributed by atoms with Crippen molar-refractivity contribution < 1.29 is 14.3 Å². The first-order chi connectivity index (χ1) is 14.1. The van der Waals surface area contributed by atoms with Crippen LogP contribution in [0.15, 0.2) is 54.7 Å². The quantitative estimate of drug-likeness (QED) is 0.601. The number of carbonyl (C=O) groups excluding carboxylic acids is 1. The average molecular weight is 392 g/mol. The molecule has 4 rings (SSSR count). The molecule has 7 nitrogen and oxygen atoms in total. The van der Waals surface area contributed by atoms with Gasteiger partial charge in [-0.2, -0.15) is 0 Å². The topological polar surface area (TPSA) is 69.5 Å². The molecule has 0 unspecified atom stereocenters. The summed E-state index contributed by atoms with van der Waals surface area (Å²) in [5.74, 6) is -0.341. The fourth-order valence-corrected chi connectivity index (χ4v) is 3.42. The highest BCUT2D eigenvalue weighted by molar-refractivity contribution is 5.89. The van der Waals surface area contributed by atoms with Crippen molar-refractivity contribution in [1.82, 2.24) is 19.9 Å². The van der Waals surface area contributed by atoms with Crippen LogP contribution in [0, 0.1) is 6.92 Å². The molecule has 150 valence electrons. The molecule has 1 aliphatic heterocycles. The van der Waals surface area contributed by atoms with Crippen molar-refractivity contribution in [2.24, 2.45) is 0 Å². The summed E-state index contributed by atoms with van der Waals surface area (Å²) in [5.41, 5.74) is 4.87. The molecular weight excluding hydrogens is 368 g/mol. The van der Waals surface area contributed by atoms with Crippen molar-refractivity contribution in [3.63, 3.8) is 0 Å². The van der Waals surface area contributed by atoms with Crippen LogP contribution in [-0.4, -0.2) is 46.1 Å². The molecular formula is C22H24N4O3. The van der Waals surface area contributed by atoms with E-state index in [-0.39, 0.29) is 12.2 Å². The Balaban J connectivity index is 1.42. The Morgan fingerprint density at radius 3 is 2.52 bits per heavy atom. The van der Waals surface area contributed by atoms with Gasteiger partial charge in [0.05, 0.1) is 32.0 Å². The summed E-state index contributed by atoms with van der Waals surface area (Å²) in [6.45, 7) is 5.01. The minimum atomic E-state index is -0.341.